The van der Waals surface area contributed by atoms with Gasteiger partial charge in [0.05, 0.1) is 16.4 Å². The minimum absolute atomic E-state index is 0.237. The predicted molar refractivity (Wildman–Crippen MR) is 63.7 cm³/mol. The van der Waals surface area contributed by atoms with Gasteiger partial charge in [0.2, 0.25) is 0 Å². The van der Waals surface area contributed by atoms with Crippen molar-refractivity contribution in [3.05, 3.63) is 20.8 Å². The fourth-order valence-corrected chi connectivity index (χ4v) is 2.66. The van der Waals surface area contributed by atoms with E-state index >= 15 is 0 Å². The predicted octanol–water partition coefficient (Wildman–Crippen LogP) is 1.75. The van der Waals surface area contributed by atoms with Gasteiger partial charge in [0.25, 0.3) is 0 Å². The molecule has 0 spiro atoms. The molecule has 3 nitrogen and oxygen atoms in total. The summed E-state index contributed by atoms with van der Waals surface area (Å²) in [6.07, 6.45) is 0. The van der Waals surface area contributed by atoms with Crippen molar-refractivity contribution in [2.45, 2.75) is 6.04 Å². The quantitative estimate of drug-likeness (QED) is 0.780. The summed E-state index contributed by atoms with van der Waals surface area (Å²) in [5.41, 5.74) is 5.68. The van der Waals surface area contributed by atoms with Crippen molar-refractivity contribution >= 4 is 27.3 Å². The molecule has 1 aromatic rings. The van der Waals surface area contributed by atoms with E-state index in [1.54, 1.807) is 18.4 Å². The van der Waals surface area contributed by atoms with E-state index in [-0.39, 0.29) is 6.04 Å². The molecule has 0 fully saturated rings. The number of halogens is 1. The van der Waals surface area contributed by atoms with Gasteiger partial charge in [-0.1, -0.05) is 0 Å². The van der Waals surface area contributed by atoms with Gasteiger partial charge in [-0.15, -0.1) is 11.3 Å². The molecule has 0 aromatic carbocycles. The van der Waals surface area contributed by atoms with Gasteiger partial charge < -0.3 is 15.8 Å². The second-order valence-corrected chi connectivity index (χ2v) is 5.37. The van der Waals surface area contributed by atoms with Crippen LogP contribution in [0.15, 0.2) is 15.9 Å². The Hall–Kier alpha value is 0.0600. The fraction of sp³-hybridized carbons (Fsp3) is 0.556. The molecule has 80 valence electrons. The molecular formula is C9H15BrN2OS. The van der Waals surface area contributed by atoms with Crippen molar-refractivity contribution in [1.82, 2.24) is 5.32 Å². The maximum Gasteiger partial charge on any atom is 0.0702 e. The first-order valence-corrected chi connectivity index (χ1v) is 6.06. The van der Waals surface area contributed by atoms with Gasteiger partial charge in [0.1, 0.15) is 0 Å². The molecule has 0 radical (unpaired) electrons. The third kappa shape index (κ3) is 3.67. The van der Waals surface area contributed by atoms with E-state index < -0.39 is 0 Å². The Kier molecular flexibility index (Phi) is 5.66. The number of ether oxygens (including phenoxy) is 1. The standard InChI is InChI=1S/C9H15BrN2OS/c1-13-5-4-12-7(6-11)8-2-3-9(10)14-8/h2-3,7,12H,4-6,11H2,1H3. The second kappa shape index (κ2) is 6.53. The van der Waals surface area contributed by atoms with Crippen molar-refractivity contribution in [2.75, 3.05) is 26.8 Å². The summed E-state index contributed by atoms with van der Waals surface area (Å²) in [5, 5.41) is 3.34. The smallest absolute Gasteiger partial charge is 0.0702 e. The van der Waals surface area contributed by atoms with E-state index in [9.17, 15) is 0 Å². The Bertz CT molecular complexity index is 267. The highest BCUT2D eigenvalue weighted by molar-refractivity contribution is 9.11. The highest BCUT2D eigenvalue weighted by Gasteiger charge is 2.10. The van der Waals surface area contributed by atoms with Gasteiger partial charge in [-0.05, 0) is 28.1 Å². The summed E-state index contributed by atoms with van der Waals surface area (Å²) in [7, 11) is 1.70. The lowest BCUT2D eigenvalue weighted by Gasteiger charge is -2.14. The molecule has 5 heteroatoms. The first-order chi connectivity index (χ1) is 6.77. The molecule has 0 bridgehead atoms. The molecule has 1 aromatic heterocycles. The van der Waals surface area contributed by atoms with Crippen LogP contribution in [-0.2, 0) is 4.74 Å². The van der Waals surface area contributed by atoms with Crippen molar-refractivity contribution in [3.63, 3.8) is 0 Å². The number of methoxy groups -OCH3 is 1. The fourth-order valence-electron chi connectivity index (χ4n) is 1.15. The van der Waals surface area contributed by atoms with Crippen molar-refractivity contribution in [2.24, 2.45) is 5.73 Å². The minimum Gasteiger partial charge on any atom is -0.383 e. The summed E-state index contributed by atoms with van der Waals surface area (Å²) in [5.74, 6) is 0. The molecule has 1 unspecified atom stereocenters. The van der Waals surface area contributed by atoms with Gasteiger partial charge in [0.15, 0.2) is 0 Å². The first-order valence-electron chi connectivity index (χ1n) is 4.45. The topological polar surface area (TPSA) is 47.3 Å². The zero-order valence-electron chi connectivity index (χ0n) is 8.13. The maximum atomic E-state index is 5.68. The van der Waals surface area contributed by atoms with Crippen LogP contribution in [0.3, 0.4) is 0 Å². The molecule has 0 aliphatic rings. The van der Waals surface area contributed by atoms with Crippen LogP contribution < -0.4 is 11.1 Å². The Labute approximate surface area is 96.8 Å². The Morgan fingerprint density at radius 1 is 1.64 bits per heavy atom. The van der Waals surface area contributed by atoms with Crippen LogP contribution in [0.4, 0.5) is 0 Å². The molecule has 0 amide bonds. The lowest BCUT2D eigenvalue weighted by molar-refractivity contribution is 0.196. The zero-order valence-corrected chi connectivity index (χ0v) is 10.5. The Morgan fingerprint density at radius 2 is 2.43 bits per heavy atom. The molecule has 1 heterocycles. The van der Waals surface area contributed by atoms with E-state index in [2.05, 4.69) is 27.3 Å². The van der Waals surface area contributed by atoms with Gasteiger partial charge in [-0.25, -0.2) is 0 Å². The van der Waals surface area contributed by atoms with Gasteiger partial charge in [-0.3, -0.25) is 0 Å². The summed E-state index contributed by atoms with van der Waals surface area (Å²) in [6.45, 7) is 2.15. The van der Waals surface area contributed by atoms with Crippen LogP contribution in [0, 0.1) is 0 Å². The lowest BCUT2D eigenvalue weighted by atomic mass is 10.2. The van der Waals surface area contributed by atoms with Gasteiger partial charge in [0, 0.05) is 25.1 Å². The highest BCUT2D eigenvalue weighted by atomic mass is 79.9. The third-order valence-electron chi connectivity index (χ3n) is 1.87. The minimum atomic E-state index is 0.237. The van der Waals surface area contributed by atoms with E-state index in [0.717, 1.165) is 10.3 Å². The molecule has 0 saturated heterocycles. The number of thiophene rings is 1. The zero-order chi connectivity index (χ0) is 10.4. The van der Waals surface area contributed by atoms with Crippen LogP contribution in [-0.4, -0.2) is 26.8 Å². The molecular weight excluding hydrogens is 264 g/mol. The van der Waals surface area contributed by atoms with Gasteiger partial charge >= 0.3 is 0 Å². The molecule has 14 heavy (non-hydrogen) atoms. The van der Waals surface area contributed by atoms with Gasteiger partial charge in [-0.2, -0.15) is 0 Å². The molecule has 0 aliphatic heterocycles. The number of hydrogen-bond acceptors (Lipinski definition) is 4. The summed E-state index contributed by atoms with van der Waals surface area (Å²) in [6, 6.07) is 4.37. The number of nitrogens with one attached hydrogen (secondary N) is 1. The summed E-state index contributed by atoms with van der Waals surface area (Å²) in [4.78, 5) is 1.26. The summed E-state index contributed by atoms with van der Waals surface area (Å²) >= 11 is 5.15. The second-order valence-electron chi connectivity index (χ2n) is 2.88. The number of nitrogens with two attached hydrogens (primary N) is 1. The largest absolute Gasteiger partial charge is 0.383 e. The van der Waals surface area contributed by atoms with Crippen LogP contribution >= 0.6 is 27.3 Å². The third-order valence-corrected chi connectivity index (χ3v) is 3.61. The van der Waals surface area contributed by atoms with Crippen LogP contribution in [0.25, 0.3) is 0 Å². The van der Waals surface area contributed by atoms with Crippen LogP contribution in [0.1, 0.15) is 10.9 Å². The molecule has 0 aliphatic carbocycles. The Morgan fingerprint density at radius 3 is 2.93 bits per heavy atom. The van der Waals surface area contributed by atoms with E-state index in [4.69, 9.17) is 10.5 Å². The maximum absolute atomic E-state index is 5.68. The van der Waals surface area contributed by atoms with Crippen molar-refractivity contribution in [3.8, 4) is 0 Å². The van der Waals surface area contributed by atoms with Crippen LogP contribution in [0.5, 0.6) is 0 Å². The van der Waals surface area contributed by atoms with Crippen molar-refractivity contribution < 1.29 is 4.74 Å². The van der Waals surface area contributed by atoms with Crippen LogP contribution in [0.2, 0.25) is 0 Å². The van der Waals surface area contributed by atoms with Crippen molar-refractivity contribution in [1.29, 1.82) is 0 Å². The lowest BCUT2D eigenvalue weighted by Crippen LogP contribution is -2.30. The number of hydrogen-bond donors (Lipinski definition) is 2. The first kappa shape index (κ1) is 12.1. The molecule has 1 atom stereocenters. The normalized spacial score (nSPS) is 13.1. The van der Waals surface area contributed by atoms with E-state index in [0.29, 0.717) is 13.2 Å². The van der Waals surface area contributed by atoms with E-state index in [1.807, 2.05) is 6.07 Å². The Balaban J connectivity index is 2.45. The molecule has 1 rings (SSSR count). The SMILES string of the molecule is COCCNC(CN)c1ccc(Br)s1. The number of rotatable bonds is 6. The highest BCUT2D eigenvalue weighted by Crippen LogP contribution is 2.26. The monoisotopic (exact) mass is 278 g/mol. The average Bonchev–Trinajstić information content (AvgIpc) is 2.60. The van der Waals surface area contributed by atoms with E-state index in [1.165, 1.54) is 4.88 Å². The molecule has 3 N–H and O–H groups in total. The average molecular weight is 279 g/mol. The molecule has 0 saturated carbocycles. The summed E-state index contributed by atoms with van der Waals surface area (Å²) < 4.78 is 6.11.